The van der Waals surface area contributed by atoms with Crippen molar-refractivity contribution in [2.24, 2.45) is 0 Å². The Labute approximate surface area is 139 Å². The van der Waals surface area contributed by atoms with Gasteiger partial charge >= 0.3 is 5.16 Å². The predicted octanol–water partition coefficient (Wildman–Crippen LogP) is 4.50. The van der Waals surface area contributed by atoms with Gasteiger partial charge in [0.15, 0.2) is 5.69 Å². The first-order valence-corrected chi connectivity index (χ1v) is 8.71. The van der Waals surface area contributed by atoms with Gasteiger partial charge < -0.3 is 0 Å². The lowest BCUT2D eigenvalue weighted by Crippen LogP contribution is -2.34. The minimum Gasteiger partial charge on any atom is -0.220 e. The average Bonchev–Trinajstić information content (AvgIpc) is 3.12. The van der Waals surface area contributed by atoms with Gasteiger partial charge in [0, 0.05) is 23.3 Å². The maximum absolute atomic E-state index is 6.06. The number of imidazole rings is 1. The molecule has 0 radical (unpaired) electrons. The molecule has 2 aromatic carbocycles. The van der Waals surface area contributed by atoms with E-state index in [9.17, 15) is 0 Å². The molecule has 0 amide bonds. The monoisotopic (exact) mass is 327 g/mol. The first-order valence-electron chi connectivity index (χ1n) is 7.35. The van der Waals surface area contributed by atoms with Crippen LogP contribution in [0.15, 0.2) is 59.8 Å². The van der Waals surface area contributed by atoms with Crippen molar-refractivity contribution in [1.82, 2.24) is 4.57 Å². The molecule has 4 rings (SSSR count). The molecule has 1 aromatic heterocycles. The van der Waals surface area contributed by atoms with Crippen LogP contribution >= 0.6 is 23.4 Å². The molecule has 0 unspecified atom stereocenters. The van der Waals surface area contributed by atoms with Crippen LogP contribution in [0.4, 0.5) is 0 Å². The van der Waals surface area contributed by atoms with Crippen LogP contribution in [0, 0.1) is 6.92 Å². The summed E-state index contributed by atoms with van der Waals surface area (Å²) in [7, 11) is 0. The molecule has 4 heteroatoms. The maximum atomic E-state index is 6.06. The number of benzene rings is 2. The summed E-state index contributed by atoms with van der Waals surface area (Å²) in [6, 6.07) is 18.7. The minimum absolute atomic E-state index is 0.769. The lowest BCUT2D eigenvalue weighted by atomic mass is 10.1. The second-order valence-corrected chi connectivity index (χ2v) is 6.89. The minimum atomic E-state index is 0.769. The van der Waals surface area contributed by atoms with E-state index in [4.69, 9.17) is 11.6 Å². The maximum Gasteiger partial charge on any atom is 0.324 e. The number of hydrogen-bond donors (Lipinski definition) is 0. The Bertz CT molecular complexity index is 823. The quantitative estimate of drug-likeness (QED) is 0.629. The molecule has 0 bridgehead atoms. The van der Waals surface area contributed by atoms with E-state index in [1.54, 1.807) is 0 Å². The Morgan fingerprint density at radius 3 is 2.50 bits per heavy atom. The number of halogens is 1. The lowest BCUT2D eigenvalue weighted by Gasteiger charge is -2.05. The topological polar surface area (TPSA) is 8.81 Å². The van der Waals surface area contributed by atoms with Gasteiger partial charge in [-0.25, -0.2) is 4.57 Å². The third-order valence-corrected chi connectivity index (χ3v) is 5.37. The highest BCUT2D eigenvalue weighted by molar-refractivity contribution is 7.99. The number of fused-ring (bicyclic) bond motifs is 1. The van der Waals surface area contributed by atoms with E-state index in [0.29, 0.717) is 0 Å². The third kappa shape index (κ3) is 2.16. The van der Waals surface area contributed by atoms with Crippen LogP contribution in [0.25, 0.3) is 16.9 Å². The zero-order valence-electron chi connectivity index (χ0n) is 12.3. The fourth-order valence-electron chi connectivity index (χ4n) is 3.05. The molecule has 0 N–H and O–H groups in total. The zero-order chi connectivity index (χ0) is 15.1. The molecular formula is C18H16ClN2S+. The second kappa shape index (κ2) is 5.49. The van der Waals surface area contributed by atoms with Crippen LogP contribution in [0.2, 0.25) is 5.02 Å². The molecule has 1 aliphatic rings. The van der Waals surface area contributed by atoms with Crippen LogP contribution in [0.5, 0.6) is 0 Å². The Kier molecular flexibility index (Phi) is 3.47. The first-order chi connectivity index (χ1) is 10.8. The predicted molar refractivity (Wildman–Crippen MR) is 91.9 cm³/mol. The van der Waals surface area contributed by atoms with Gasteiger partial charge in [0.25, 0.3) is 0 Å². The van der Waals surface area contributed by atoms with Crippen molar-refractivity contribution in [2.75, 3.05) is 5.75 Å². The van der Waals surface area contributed by atoms with Crippen molar-refractivity contribution in [2.45, 2.75) is 18.6 Å². The van der Waals surface area contributed by atoms with Crippen LogP contribution in [0.1, 0.15) is 5.69 Å². The molecule has 0 atom stereocenters. The lowest BCUT2D eigenvalue weighted by molar-refractivity contribution is -0.728. The summed E-state index contributed by atoms with van der Waals surface area (Å²) in [6.45, 7) is 3.29. The normalized spacial score (nSPS) is 13.4. The molecule has 0 aliphatic carbocycles. The van der Waals surface area contributed by atoms with E-state index < -0.39 is 0 Å². The molecule has 2 nitrogen and oxygen atoms in total. The summed E-state index contributed by atoms with van der Waals surface area (Å²) in [4.78, 5) is 0. The SMILES string of the molecule is Cc1c(-c2ccccc2)n(-c2ccc(Cl)cc2)c2[n+]1CCS2. The standard InChI is InChI=1S/C18H16ClN2S/c1-13-17(14-5-3-2-4-6-14)21(18-20(13)11-12-22-18)16-9-7-15(19)8-10-16/h2-10H,11-12H2,1H3/q+1. The highest BCUT2D eigenvalue weighted by atomic mass is 35.5. The largest absolute Gasteiger partial charge is 0.324 e. The summed E-state index contributed by atoms with van der Waals surface area (Å²) >= 11 is 7.97. The van der Waals surface area contributed by atoms with Crippen LogP contribution in [-0.4, -0.2) is 10.3 Å². The Morgan fingerprint density at radius 2 is 1.77 bits per heavy atom. The van der Waals surface area contributed by atoms with E-state index in [1.807, 2.05) is 23.9 Å². The Morgan fingerprint density at radius 1 is 1.05 bits per heavy atom. The summed E-state index contributed by atoms with van der Waals surface area (Å²) in [6.07, 6.45) is 0. The first kappa shape index (κ1) is 13.9. The van der Waals surface area contributed by atoms with Crippen molar-refractivity contribution in [1.29, 1.82) is 0 Å². The second-order valence-electron chi connectivity index (χ2n) is 5.39. The van der Waals surface area contributed by atoms with E-state index in [1.165, 1.54) is 22.1 Å². The molecule has 3 aromatic rings. The molecule has 0 saturated carbocycles. The Hall–Kier alpha value is -1.71. The molecule has 110 valence electrons. The molecule has 0 fully saturated rings. The summed E-state index contributed by atoms with van der Waals surface area (Å²) in [5, 5.41) is 2.07. The van der Waals surface area contributed by atoms with Gasteiger partial charge in [0.1, 0.15) is 17.9 Å². The number of thioether (sulfide) groups is 1. The smallest absolute Gasteiger partial charge is 0.220 e. The molecule has 2 heterocycles. The van der Waals surface area contributed by atoms with Gasteiger partial charge in [-0.2, -0.15) is 4.57 Å². The highest BCUT2D eigenvalue weighted by Gasteiger charge is 2.34. The van der Waals surface area contributed by atoms with Crippen molar-refractivity contribution in [3.8, 4) is 16.9 Å². The Balaban J connectivity index is 2.00. The molecule has 0 saturated heterocycles. The molecule has 22 heavy (non-hydrogen) atoms. The fraction of sp³-hybridized carbons (Fsp3) is 0.167. The average molecular weight is 328 g/mol. The summed E-state index contributed by atoms with van der Waals surface area (Å²) in [5.41, 5.74) is 5.00. The van der Waals surface area contributed by atoms with Crippen LogP contribution in [0.3, 0.4) is 0 Å². The fourth-order valence-corrected chi connectivity index (χ4v) is 4.34. The molecular weight excluding hydrogens is 312 g/mol. The molecule has 1 aliphatic heterocycles. The molecule has 0 spiro atoms. The van der Waals surface area contributed by atoms with Crippen molar-refractivity contribution < 1.29 is 4.57 Å². The van der Waals surface area contributed by atoms with Gasteiger partial charge in [-0.3, -0.25) is 0 Å². The highest BCUT2D eigenvalue weighted by Crippen LogP contribution is 2.34. The van der Waals surface area contributed by atoms with E-state index in [0.717, 1.165) is 23.0 Å². The van der Waals surface area contributed by atoms with Crippen LogP contribution < -0.4 is 4.57 Å². The van der Waals surface area contributed by atoms with Crippen molar-refractivity contribution >= 4 is 23.4 Å². The van der Waals surface area contributed by atoms with E-state index >= 15 is 0 Å². The van der Waals surface area contributed by atoms with Gasteiger partial charge in [-0.05, 0) is 36.0 Å². The van der Waals surface area contributed by atoms with Crippen LogP contribution in [-0.2, 0) is 6.54 Å². The third-order valence-electron chi connectivity index (χ3n) is 4.07. The number of nitrogens with zero attached hydrogens (tertiary/aromatic N) is 2. The number of aromatic nitrogens is 2. The van der Waals surface area contributed by atoms with Gasteiger partial charge in [-0.15, -0.1) is 0 Å². The zero-order valence-corrected chi connectivity index (χ0v) is 13.9. The van der Waals surface area contributed by atoms with Gasteiger partial charge in [0.2, 0.25) is 0 Å². The van der Waals surface area contributed by atoms with Crippen molar-refractivity contribution in [3.63, 3.8) is 0 Å². The van der Waals surface area contributed by atoms with Gasteiger partial charge in [0.05, 0.1) is 0 Å². The summed E-state index contributed by atoms with van der Waals surface area (Å²) < 4.78 is 4.78. The van der Waals surface area contributed by atoms with Gasteiger partial charge in [-0.1, -0.05) is 41.9 Å². The van der Waals surface area contributed by atoms with E-state index in [-0.39, 0.29) is 0 Å². The number of rotatable bonds is 2. The number of hydrogen-bond acceptors (Lipinski definition) is 1. The van der Waals surface area contributed by atoms with E-state index in [2.05, 4.69) is 58.5 Å². The van der Waals surface area contributed by atoms with Crippen molar-refractivity contribution in [3.05, 3.63) is 65.3 Å². The summed E-state index contributed by atoms with van der Waals surface area (Å²) in [5.74, 6) is 1.14.